The summed E-state index contributed by atoms with van der Waals surface area (Å²) in [5.74, 6) is 0.549. The average Bonchev–Trinajstić information content (AvgIpc) is 3.22. The third-order valence-corrected chi connectivity index (χ3v) is 9.28. The molecule has 3 aromatic rings. The maximum atomic E-state index is 14.5. The molecule has 0 aliphatic carbocycles. The number of ether oxygens (including phenoxy) is 3. The standard InChI is InChI=1S/C34H36Cl2N2O6/c1-6-44-32(40)29-15-20(2)13-14-37(29)31(39)21-8-11-27(36)25(16-21)34(3)26-17-23(35)9-12-28(26)38(33(34)41)19-22-7-10-24(42-4)18-30(22)43-5/h7-12,16-18,20,29H,6,13-15,19H2,1-5H3/t20?,29-,34+/m1/s1. The molecule has 0 radical (unpaired) electrons. The fourth-order valence-electron chi connectivity index (χ4n) is 6.26. The number of carbonyl (C=O) groups is 3. The second kappa shape index (κ2) is 12.7. The molecular weight excluding hydrogens is 603 g/mol. The van der Waals surface area contributed by atoms with E-state index in [1.54, 1.807) is 74.3 Å². The summed E-state index contributed by atoms with van der Waals surface area (Å²) in [7, 11) is 3.15. The van der Waals surface area contributed by atoms with E-state index in [1.165, 1.54) is 0 Å². The van der Waals surface area contributed by atoms with Crippen LogP contribution < -0.4 is 14.4 Å². The third kappa shape index (κ3) is 5.61. The van der Waals surface area contributed by atoms with E-state index in [1.807, 2.05) is 18.2 Å². The Kier molecular flexibility index (Phi) is 9.14. The summed E-state index contributed by atoms with van der Waals surface area (Å²) >= 11 is 13.3. The summed E-state index contributed by atoms with van der Waals surface area (Å²) in [4.78, 5) is 44.6. The number of hydrogen-bond acceptors (Lipinski definition) is 6. The van der Waals surface area contributed by atoms with Crippen molar-refractivity contribution in [1.82, 2.24) is 4.90 Å². The zero-order valence-electron chi connectivity index (χ0n) is 25.5. The Morgan fingerprint density at radius 2 is 1.77 bits per heavy atom. The highest BCUT2D eigenvalue weighted by Gasteiger charge is 2.50. The molecule has 2 aliphatic rings. The van der Waals surface area contributed by atoms with E-state index in [-0.39, 0.29) is 30.9 Å². The monoisotopic (exact) mass is 638 g/mol. The van der Waals surface area contributed by atoms with Crippen molar-refractivity contribution >= 4 is 46.7 Å². The number of nitrogens with zero attached hydrogens (tertiary/aromatic N) is 2. The van der Waals surface area contributed by atoms with Crippen LogP contribution in [0.3, 0.4) is 0 Å². The molecule has 2 amide bonds. The van der Waals surface area contributed by atoms with Gasteiger partial charge in [0.25, 0.3) is 5.91 Å². The topological polar surface area (TPSA) is 85.4 Å². The van der Waals surface area contributed by atoms with E-state index < -0.39 is 17.4 Å². The summed E-state index contributed by atoms with van der Waals surface area (Å²) in [5.41, 5.74) is 1.68. The number of benzene rings is 3. The minimum atomic E-state index is -1.26. The van der Waals surface area contributed by atoms with Gasteiger partial charge in [0, 0.05) is 39.5 Å². The minimum absolute atomic E-state index is 0.222. The highest BCUT2D eigenvalue weighted by molar-refractivity contribution is 6.33. The van der Waals surface area contributed by atoms with Crippen LogP contribution in [0.5, 0.6) is 11.5 Å². The first kappa shape index (κ1) is 31.7. The second-order valence-electron chi connectivity index (χ2n) is 11.4. The normalized spacial score (nSPS) is 21.2. The van der Waals surface area contributed by atoms with Crippen LogP contribution in [0.25, 0.3) is 0 Å². The van der Waals surface area contributed by atoms with Crippen molar-refractivity contribution in [3.63, 3.8) is 0 Å². The van der Waals surface area contributed by atoms with Crippen LogP contribution in [0.15, 0.2) is 54.6 Å². The molecule has 1 fully saturated rings. The van der Waals surface area contributed by atoms with Crippen molar-refractivity contribution in [1.29, 1.82) is 0 Å². The number of rotatable bonds is 8. The molecule has 2 heterocycles. The zero-order valence-corrected chi connectivity index (χ0v) is 27.0. The number of hydrogen-bond donors (Lipinski definition) is 0. The Morgan fingerprint density at radius 3 is 2.48 bits per heavy atom. The molecule has 10 heteroatoms. The Morgan fingerprint density at radius 1 is 1.00 bits per heavy atom. The largest absolute Gasteiger partial charge is 0.497 e. The number of likely N-dealkylation sites (tertiary alicyclic amines) is 1. The van der Waals surface area contributed by atoms with Gasteiger partial charge in [0.2, 0.25) is 5.91 Å². The van der Waals surface area contributed by atoms with Crippen LogP contribution in [0.4, 0.5) is 5.69 Å². The summed E-state index contributed by atoms with van der Waals surface area (Å²) in [6.07, 6.45) is 1.30. The fraction of sp³-hybridized carbons (Fsp3) is 0.382. The third-order valence-electron chi connectivity index (χ3n) is 8.72. The van der Waals surface area contributed by atoms with Crippen LogP contribution in [-0.4, -0.2) is 56.1 Å². The van der Waals surface area contributed by atoms with Gasteiger partial charge in [-0.25, -0.2) is 4.79 Å². The predicted octanol–water partition coefficient (Wildman–Crippen LogP) is 6.67. The number of amides is 2. The van der Waals surface area contributed by atoms with Crippen molar-refractivity contribution in [3.05, 3.63) is 86.9 Å². The quantitative estimate of drug-likeness (QED) is 0.256. The fourth-order valence-corrected chi connectivity index (χ4v) is 6.74. The van der Waals surface area contributed by atoms with Crippen LogP contribution >= 0.6 is 23.2 Å². The summed E-state index contributed by atoms with van der Waals surface area (Å²) in [6.45, 7) is 6.50. The number of esters is 1. The molecule has 8 nitrogen and oxygen atoms in total. The molecule has 232 valence electrons. The Balaban J connectivity index is 1.56. The first-order valence-corrected chi connectivity index (χ1v) is 15.4. The molecule has 1 unspecified atom stereocenters. The van der Waals surface area contributed by atoms with E-state index in [0.717, 1.165) is 12.0 Å². The van der Waals surface area contributed by atoms with E-state index in [2.05, 4.69) is 6.92 Å². The van der Waals surface area contributed by atoms with Gasteiger partial charge >= 0.3 is 5.97 Å². The number of fused-ring (bicyclic) bond motifs is 1. The first-order chi connectivity index (χ1) is 21.0. The lowest BCUT2D eigenvalue weighted by Gasteiger charge is -2.37. The van der Waals surface area contributed by atoms with Gasteiger partial charge in [-0.1, -0.05) is 30.1 Å². The lowest BCUT2D eigenvalue weighted by Crippen LogP contribution is -2.50. The molecule has 0 bridgehead atoms. The number of anilines is 1. The molecule has 0 spiro atoms. The number of methoxy groups -OCH3 is 2. The molecule has 0 aromatic heterocycles. The summed E-state index contributed by atoms with van der Waals surface area (Å²) < 4.78 is 16.3. The molecule has 0 N–H and O–H groups in total. The lowest BCUT2D eigenvalue weighted by molar-refractivity contribution is -0.150. The number of halogens is 2. The SMILES string of the molecule is CCOC(=O)[C@H]1CC(C)CCN1C(=O)c1ccc(Cl)c([C@]2(C)C(=O)N(Cc3ccc(OC)cc3OC)c3ccc(Cl)cc32)c1. The number of carbonyl (C=O) groups excluding carboxylic acids is 3. The van der Waals surface area contributed by atoms with Crippen molar-refractivity contribution in [2.24, 2.45) is 5.92 Å². The van der Waals surface area contributed by atoms with Crippen molar-refractivity contribution in [2.75, 3.05) is 32.3 Å². The van der Waals surface area contributed by atoms with Gasteiger partial charge in [-0.3, -0.25) is 9.59 Å². The van der Waals surface area contributed by atoms with Gasteiger partial charge in [-0.15, -0.1) is 0 Å². The maximum Gasteiger partial charge on any atom is 0.328 e. The molecule has 1 saturated heterocycles. The molecule has 5 rings (SSSR count). The zero-order chi connectivity index (χ0) is 31.8. The van der Waals surface area contributed by atoms with Crippen molar-refractivity contribution in [2.45, 2.75) is 51.6 Å². The smallest absolute Gasteiger partial charge is 0.328 e. The van der Waals surface area contributed by atoms with Crippen LogP contribution in [0, 0.1) is 5.92 Å². The Hall–Kier alpha value is -3.75. The number of piperidine rings is 1. The summed E-state index contributed by atoms with van der Waals surface area (Å²) in [5, 5.41) is 0.802. The molecule has 44 heavy (non-hydrogen) atoms. The van der Waals surface area contributed by atoms with Gasteiger partial charge in [-0.05, 0) is 92.3 Å². The molecular formula is C34H36Cl2N2O6. The first-order valence-electron chi connectivity index (χ1n) is 14.6. The maximum absolute atomic E-state index is 14.5. The lowest BCUT2D eigenvalue weighted by atomic mass is 9.76. The van der Waals surface area contributed by atoms with Crippen LogP contribution in [0.1, 0.15) is 60.7 Å². The Labute approximate surface area is 267 Å². The Bertz CT molecular complexity index is 1610. The van der Waals surface area contributed by atoms with Gasteiger partial charge in [-0.2, -0.15) is 0 Å². The van der Waals surface area contributed by atoms with E-state index in [4.69, 9.17) is 37.4 Å². The van der Waals surface area contributed by atoms with E-state index >= 15 is 0 Å². The molecule has 3 atom stereocenters. The van der Waals surface area contributed by atoms with E-state index in [9.17, 15) is 14.4 Å². The minimum Gasteiger partial charge on any atom is -0.497 e. The predicted molar refractivity (Wildman–Crippen MR) is 170 cm³/mol. The van der Waals surface area contributed by atoms with E-state index in [0.29, 0.717) is 56.9 Å². The molecule has 3 aromatic carbocycles. The van der Waals surface area contributed by atoms with Gasteiger partial charge in [0.1, 0.15) is 23.0 Å². The van der Waals surface area contributed by atoms with Gasteiger partial charge in [0.05, 0.1) is 27.4 Å². The highest BCUT2D eigenvalue weighted by Crippen LogP contribution is 2.50. The summed E-state index contributed by atoms with van der Waals surface area (Å²) in [6, 6.07) is 15.0. The molecule has 0 saturated carbocycles. The van der Waals surface area contributed by atoms with Crippen LogP contribution in [-0.2, 0) is 26.3 Å². The van der Waals surface area contributed by atoms with Gasteiger partial charge < -0.3 is 24.0 Å². The molecule has 2 aliphatic heterocycles. The van der Waals surface area contributed by atoms with Gasteiger partial charge in [0.15, 0.2) is 0 Å². The van der Waals surface area contributed by atoms with Crippen molar-refractivity contribution < 1.29 is 28.6 Å². The van der Waals surface area contributed by atoms with Crippen LogP contribution in [0.2, 0.25) is 10.0 Å². The average molecular weight is 640 g/mol. The van der Waals surface area contributed by atoms with Crippen molar-refractivity contribution in [3.8, 4) is 11.5 Å². The highest BCUT2D eigenvalue weighted by atomic mass is 35.5. The second-order valence-corrected chi connectivity index (χ2v) is 12.3.